The second-order valence-electron chi connectivity index (χ2n) is 4.34. The molecule has 1 heterocycles. The Kier molecular flexibility index (Phi) is 4.34. The molecule has 1 aromatic heterocycles. The highest BCUT2D eigenvalue weighted by molar-refractivity contribution is 5.99. The van der Waals surface area contributed by atoms with Gasteiger partial charge < -0.3 is 10.1 Å². The van der Waals surface area contributed by atoms with E-state index in [-0.39, 0.29) is 11.9 Å². The van der Waals surface area contributed by atoms with Crippen molar-refractivity contribution in [3.8, 4) is 0 Å². The van der Waals surface area contributed by atoms with Crippen molar-refractivity contribution in [3.63, 3.8) is 0 Å². The third-order valence-electron chi connectivity index (χ3n) is 2.94. The fraction of sp³-hybridized carbons (Fsp3) is 0.357. The summed E-state index contributed by atoms with van der Waals surface area (Å²) in [5.41, 5.74) is 1.17. The summed E-state index contributed by atoms with van der Waals surface area (Å²) in [6.07, 6.45) is 1.86. The van der Waals surface area contributed by atoms with E-state index in [1.165, 1.54) is 11.7 Å². The highest BCUT2D eigenvalue weighted by atomic mass is 16.5. The van der Waals surface area contributed by atoms with Gasteiger partial charge in [0.1, 0.15) is 0 Å². The number of nitrogens with one attached hydrogen (secondary N) is 1. The van der Waals surface area contributed by atoms with Crippen LogP contribution in [0.1, 0.15) is 30.4 Å². The molecule has 0 saturated carbocycles. The molecule has 0 unspecified atom stereocenters. The van der Waals surface area contributed by atoms with E-state index in [1.807, 2.05) is 6.92 Å². The lowest BCUT2D eigenvalue weighted by molar-refractivity contribution is 0.0584. The number of rotatable bonds is 4. The molecule has 106 valence electrons. The molecule has 1 aromatic carbocycles. The van der Waals surface area contributed by atoms with Gasteiger partial charge in [0, 0.05) is 6.54 Å². The van der Waals surface area contributed by atoms with Crippen molar-refractivity contribution in [3.05, 3.63) is 30.1 Å². The molecule has 0 aliphatic rings. The first-order valence-corrected chi connectivity index (χ1v) is 6.53. The van der Waals surface area contributed by atoms with Crippen LogP contribution in [0, 0.1) is 0 Å². The molecule has 2 aromatic rings. The standard InChI is InChI=1S/C14H17N3O3/c1-3-4-9-15-14(19)17-11-8-6-5-7-10(11)16-12(17)13(18)20-2/h5-8H,3-4,9H2,1-2H3,(H,15,19). The third kappa shape index (κ3) is 2.64. The van der Waals surface area contributed by atoms with Crippen LogP contribution in [0.2, 0.25) is 0 Å². The topological polar surface area (TPSA) is 73.2 Å². The summed E-state index contributed by atoms with van der Waals surface area (Å²) >= 11 is 0. The first kappa shape index (κ1) is 14.0. The van der Waals surface area contributed by atoms with E-state index in [4.69, 9.17) is 0 Å². The number of amides is 1. The number of ether oxygens (including phenoxy) is 1. The summed E-state index contributed by atoms with van der Waals surface area (Å²) in [5.74, 6) is -0.644. The molecule has 0 radical (unpaired) electrons. The number of esters is 1. The summed E-state index contributed by atoms with van der Waals surface area (Å²) in [7, 11) is 1.26. The van der Waals surface area contributed by atoms with Crippen molar-refractivity contribution in [2.24, 2.45) is 0 Å². The smallest absolute Gasteiger partial charge is 0.374 e. The van der Waals surface area contributed by atoms with Crippen LogP contribution in [0.25, 0.3) is 11.0 Å². The van der Waals surface area contributed by atoms with Crippen molar-refractivity contribution < 1.29 is 14.3 Å². The predicted molar refractivity (Wildman–Crippen MR) is 74.8 cm³/mol. The molecule has 0 aliphatic heterocycles. The van der Waals surface area contributed by atoms with E-state index in [0.29, 0.717) is 17.6 Å². The van der Waals surface area contributed by atoms with Gasteiger partial charge in [-0.05, 0) is 18.6 Å². The summed E-state index contributed by atoms with van der Waals surface area (Å²) in [5, 5.41) is 2.77. The van der Waals surface area contributed by atoms with Gasteiger partial charge in [0.25, 0.3) is 0 Å². The molecule has 1 N–H and O–H groups in total. The van der Waals surface area contributed by atoms with E-state index in [2.05, 4.69) is 15.0 Å². The number of fused-ring (bicyclic) bond motifs is 1. The van der Waals surface area contributed by atoms with Gasteiger partial charge in [0.15, 0.2) is 0 Å². The number of carbonyl (C=O) groups excluding carboxylic acids is 2. The molecule has 0 atom stereocenters. The molecule has 0 spiro atoms. The number of hydrogen-bond acceptors (Lipinski definition) is 4. The second-order valence-corrected chi connectivity index (χ2v) is 4.34. The third-order valence-corrected chi connectivity index (χ3v) is 2.94. The Morgan fingerprint density at radius 3 is 2.80 bits per heavy atom. The maximum atomic E-state index is 12.2. The van der Waals surface area contributed by atoms with Gasteiger partial charge in [-0.15, -0.1) is 0 Å². The van der Waals surface area contributed by atoms with Gasteiger partial charge in [0.05, 0.1) is 18.1 Å². The number of aromatic nitrogens is 2. The average molecular weight is 275 g/mol. The number of benzene rings is 1. The van der Waals surface area contributed by atoms with Crippen LogP contribution >= 0.6 is 0 Å². The summed E-state index contributed by atoms with van der Waals surface area (Å²) in [4.78, 5) is 28.2. The normalized spacial score (nSPS) is 10.5. The summed E-state index contributed by atoms with van der Waals surface area (Å²) in [6, 6.07) is 6.72. The zero-order chi connectivity index (χ0) is 14.5. The molecule has 2 rings (SSSR count). The van der Waals surface area contributed by atoms with Crippen molar-refractivity contribution in [1.29, 1.82) is 0 Å². The SMILES string of the molecule is CCCCNC(=O)n1c(C(=O)OC)nc2ccccc21. The number of para-hydroxylation sites is 2. The Bertz CT molecular complexity index is 634. The zero-order valence-corrected chi connectivity index (χ0v) is 11.5. The first-order valence-electron chi connectivity index (χ1n) is 6.53. The van der Waals surface area contributed by atoms with Crippen LogP contribution in [0.3, 0.4) is 0 Å². The highest BCUT2D eigenvalue weighted by Gasteiger charge is 2.22. The van der Waals surface area contributed by atoms with Crippen molar-refractivity contribution in [1.82, 2.24) is 14.9 Å². The largest absolute Gasteiger partial charge is 0.463 e. The minimum atomic E-state index is -0.633. The molecule has 0 aliphatic carbocycles. The Hall–Kier alpha value is -2.37. The maximum Gasteiger partial charge on any atom is 0.374 e. The highest BCUT2D eigenvalue weighted by Crippen LogP contribution is 2.16. The maximum absolute atomic E-state index is 12.2. The Morgan fingerprint density at radius 2 is 2.10 bits per heavy atom. The molecule has 0 fully saturated rings. The van der Waals surface area contributed by atoms with Crippen molar-refractivity contribution >= 4 is 23.0 Å². The molecule has 0 bridgehead atoms. The van der Waals surface area contributed by atoms with Crippen LogP contribution in [0.5, 0.6) is 0 Å². The van der Waals surface area contributed by atoms with Gasteiger partial charge in [-0.25, -0.2) is 19.1 Å². The lowest BCUT2D eigenvalue weighted by atomic mass is 10.3. The molecular formula is C14H17N3O3. The average Bonchev–Trinajstić information content (AvgIpc) is 2.86. The minimum Gasteiger partial charge on any atom is -0.463 e. The monoisotopic (exact) mass is 275 g/mol. The molecule has 0 saturated heterocycles. The molecule has 20 heavy (non-hydrogen) atoms. The van der Waals surface area contributed by atoms with Gasteiger partial charge in [-0.1, -0.05) is 25.5 Å². The lowest BCUT2D eigenvalue weighted by Gasteiger charge is -2.08. The first-order chi connectivity index (χ1) is 9.69. The van der Waals surface area contributed by atoms with Crippen molar-refractivity contribution in [2.75, 3.05) is 13.7 Å². The lowest BCUT2D eigenvalue weighted by Crippen LogP contribution is -2.31. The Morgan fingerprint density at radius 1 is 1.35 bits per heavy atom. The van der Waals surface area contributed by atoms with E-state index >= 15 is 0 Å². The molecule has 1 amide bonds. The molecule has 6 heteroatoms. The van der Waals surface area contributed by atoms with E-state index in [1.54, 1.807) is 24.3 Å². The minimum absolute atomic E-state index is 0.0114. The molecule has 6 nitrogen and oxygen atoms in total. The fourth-order valence-electron chi connectivity index (χ4n) is 1.91. The fourth-order valence-corrected chi connectivity index (χ4v) is 1.91. The van der Waals surface area contributed by atoms with Gasteiger partial charge in [-0.2, -0.15) is 0 Å². The van der Waals surface area contributed by atoms with Crippen LogP contribution in [0.15, 0.2) is 24.3 Å². The summed E-state index contributed by atoms with van der Waals surface area (Å²) in [6.45, 7) is 2.60. The zero-order valence-electron chi connectivity index (χ0n) is 11.5. The van der Waals surface area contributed by atoms with E-state index in [9.17, 15) is 9.59 Å². The van der Waals surface area contributed by atoms with E-state index in [0.717, 1.165) is 12.8 Å². The van der Waals surface area contributed by atoms with Crippen LogP contribution in [-0.4, -0.2) is 35.2 Å². The quantitative estimate of drug-likeness (QED) is 0.685. The molecular weight excluding hydrogens is 258 g/mol. The Labute approximate surface area is 116 Å². The Balaban J connectivity index is 2.42. The van der Waals surface area contributed by atoms with Crippen LogP contribution in [-0.2, 0) is 4.74 Å². The van der Waals surface area contributed by atoms with Crippen LogP contribution in [0.4, 0.5) is 4.79 Å². The number of imidazole rings is 1. The van der Waals surface area contributed by atoms with Gasteiger partial charge in [-0.3, -0.25) is 0 Å². The van der Waals surface area contributed by atoms with Gasteiger partial charge >= 0.3 is 12.0 Å². The number of unbranched alkanes of at least 4 members (excludes halogenated alkanes) is 1. The summed E-state index contributed by atoms with van der Waals surface area (Å²) < 4.78 is 5.94. The number of nitrogens with zero attached hydrogens (tertiary/aromatic N) is 2. The van der Waals surface area contributed by atoms with E-state index < -0.39 is 5.97 Å². The number of carbonyl (C=O) groups is 2. The number of hydrogen-bond donors (Lipinski definition) is 1. The van der Waals surface area contributed by atoms with Crippen molar-refractivity contribution in [2.45, 2.75) is 19.8 Å². The van der Waals surface area contributed by atoms with Crippen LogP contribution < -0.4 is 5.32 Å². The van der Waals surface area contributed by atoms with Gasteiger partial charge in [0.2, 0.25) is 5.82 Å². The number of methoxy groups -OCH3 is 1. The second kappa shape index (κ2) is 6.18. The predicted octanol–water partition coefficient (Wildman–Crippen LogP) is 2.18.